The van der Waals surface area contributed by atoms with Gasteiger partial charge in [-0.05, 0) is 44.6 Å². The van der Waals surface area contributed by atoms with Crippen molar-refractivity contribution >= 4 is 11.7 Å². The van der Waals surface area contributed by atoms with E-state index in [0.717, 1.165) is 17.0 Å². The highest BCUT2D eigenvalue weighted by atomic mass is 16.1. The molecule has 2 aromatic heterocycles. The zero-order valence-corrected chi connectivity index (χ0v) is 13.0. The minimum absolute atomic E-state index is 0.0357. The van der Waals surface area contributed by atoms with Crippen LogP contribution in [0.3, 0.4) is 0 Å². The van der Waals surface area contributed by atoms with E-state index >= 15 is 0 Å². The van der Waals surface area contributed by atoms with Crippen LogP contribution in [0.4, 0.5) is 0 Å². The third-order valence-electron chi connectivity index (χ3n) is 4.35. The predicted molar refractivity (Wildman–Crippen MR) is 82.3 cm³/mol. The van der Waals surface area contributed by atoms with E-state index in [-0.39, 0.29) is 11.9 Å². The summed E-state index contributed by atoms with van der Waals surface area (Å²) >= 11 is 0. The number of nitrogens with zero attached hydrogens (tertiary/aromatic N) is 4. The Hall–Kier alpha value is -2.02. The highest BCUT2D eigenvalue weighted by Gasteiger charge is 2.28. The van der Waals surface area contributed by atoms with Crippen LogP contribution in [-0.4, -0.2) is 38.1 Å². The Bertz CT molecular complexity index is 691. The first-order valence-electron chi connectivity index (χ1n) is 7.74. The summed E-state index contributed by atoms with van der Waals surface area (Å²) in [5, 5.41) is 7.08. The summed E-state index contributed by atoms with van der Waals surface area (Å²) < 4.78 is 1.71. The van der Waals surface area contributed by atoms with Crippen molar-refractivity contribution in [3.05, 3.63) is 23.3 Å². The van der Waals surface area contributed by atoms with E-state index in [4.69, 9.17) is 5.73 Å². The maximum atomic E-state index is 12.0. The third kappa shape index (κ3) is 3.09. The smallest absolute Gasteiger partial charge is 0.252 e. The van der Waals surface area contributed by atoms with Crippen molar-refractivity contribution in [2.45, 2.75) is 45.6 Å². The van der Waals surface area contributed by atoms with Crippen molar-refractivity contribution in [2.24, 2.45) is 11.7 Å². The second-order valence-electron chi connectivity index (χ2n) is 6.04. The number of nitrogens with two attached hydrogens (primary N) is 1. The number of aromatic nitrogens is 4. The van der Waals surface area contributed by atoms with Crippen molar-refractivity contribution in [3.63, 3.8) is 0 Å². The van der Waals surface area contributed by atoms with Gasteiger partial charge < -0.3 is 11.1 Å². The van der Waals surface area contributed by atoms with Crippen LogP contribution in [0, 0.1) is 19.8 Å². The lowest BCUT2D eigenvalue weighted by Gasteiger charge is -2.13. The van der Waals surface area contributed by atoms with E-state index in [9.17, 15) is 4.79 Å². The van der Waals surface area contributed by atoms with Gasteiger partial charge in [-0.25, -0.2) is 9.50 Å². The maximum Gasteiger partial charge on any atom is 0.252 e. The number of rotatable bonds is 6. The summed E-state index contributed by atoms with van der Waals surface area (Å²) in [5.74, 6) is 1.23. The zero-order chi connectivity index (χ0) is 15.7. The Morgan fingerprint density at radius 3 is 3.00 bits per heavy atom. The van der Waals surface area contributed by atoms with Crippen LogP contribution in [-0.2, 0) is 11.2 Å². The molecule has 3 rings (SSSR count). The fraction of sp³-hybridized carbons (Fsp3) is 0.600. The number of amides is 1. The summed E-state index contributed by atoms with van der Waals surface area (Å²) in [6.07, 6.45) is 4.95. The van der Waals surface area contributed by atoms with E-state index in [0.29, 0.717) is 31.1 Å². The molecule has 7 nitrogen and oxygen atoms in total. The fourth-order valence-corrected chi connectivity index (χ4v) is 2.77. The van der Waals surface area contributed by atoms with Gasteiger partial charge in [0.15, 0.2) is 0 Å². The quantitative estimate of drug-likeness (QED) is 0.811. The molecule has 0 spiro atoms. The first kappa shape index (κ1) is 14.9. The summed E-state index contributed by atoms with van der Waals surface area (Å²) in [4.78, 5) is 20.5. The second-order valence-corrected chi connectivity index (χ2v) is 6.04. The molecule has 22 heavy (non-hydrogen) atoms. The topological polar surface area (TPSA) is 98.2 Å². The molecule has 0 aliphatic heterocycles. The van der Waals surface area contributed by atoms with E-state index in [1.165, 1.54) is 19.2 Å². The van der Waals surface area contributed by atoms with Crippen LogP contribution in [0.25, 0.3) is 5.78 Å². The number of hydrogen-bond donors (Lipinski definition) is 2. The highest BCUT2D eigenvalue weighted by Crippen LogP contribution is 2.31. The van der Waals surface area contributed by atoms with Crippen LogP contribution >= 0.6 is 0 Å². The highest BCUT2D eigenvalue weighted by molar-refractivity contribution is 5.76. The Labute approximate surface area is 129 Å². The molecule has 1 aliphatic rings. The summed E-state index contributed by atoms with van der Waals surface area (Å²) in [5.41, 5.74) is 8.94. The van der Waals surface area contributed by atoms with Gasteiger partial charge in [0.25, 0.3) is 5.78 Å². The molecule has 2 aromatic rings. The molecule has 1 fully saturated rings. The van der Waals surface area contributed by atoms with E-state index in [1.54, 1.807) is 4.52 Å². The maximum absolute atomic E-state index is 12.0. The molecule has 0 bridgehead atoms. The Morgan fingerprint density at radius 1 is 1.50 bits per heavy atom. The van der Waals surface area contributed by atoms with Crippen LogP contribution in [0.2, 0.25) is 0 Å². The van der Waals surface area contributed by atoms with Crippen molar-refractivity contribution in [3.8, 4) is 0 Å². The monoisotopic (exact) mass is 302 g/mol. The molecule has 1 aliphatic carbocycles. The molecule has 0 aromatic carbocycles. The number of fused-ring (bicyclic) bond motifs is 1. The predicted octanol–water partition coefficient (Wildman–Crippen LogP) is 0.527. The van der Waals surface area contributed by atoms with Gasteiger partial charge in [-0.15, -0.1) is 0 Å². The molecule has 1 saturated carbocycles. The SMILES string of the molecule is Cc1nc2ncnn2c(C)c1CCC(=O)NCC(N)C1CC1. The lowest BCUT2D eigenvalue weighted by Crippen LogP contribution is -2.38. The molecule has 1 amide bonds. The molecule has 3 N–H and O–H groups in total. The molecule has 0 saturated heterocycles. The third-order valence-corrected chi connectivity index (χ3v) is 4.35. The van der Waals surface area contributed by atoms with Gasteiger partial charge >= 0.3 is 0 Å². The van der Waals surface area contributed by atoms with Gasteiger partial charge in [0.2, 0.25) is 5.91 Å². The van der Waals surface area contributed by atoms with E-state index in [2.05, 4.69) is 20.4 Å². The first-order chi connectivity index (χ1) is 10.6. The van der Waals surface area contributed by atoms with Crippen molar-refractivity contribution in [2.75, 3.05) is 6.54 Å². The van der Waals surface area contributed by atoms with Crippen molar-refractivity contribution in [1.29, 1.82) is 0 Å². The van der Waals surface area contributed by atoms with E-state index in [1.807, 2.05) is 13.8 Å². The van der Waals surface area contributed by atoms with Crippen molar-refractivity contribution in [1.82, 2.24) is 24.9 Å². The number of aryl methyl sites for hydroxylation is 2. The number of carbonyl (C=O) groups is 1. The zero-order valence-electron chi connectivity index (χ0n) is 13.0. The number of nitrogens with one attached hydrogen (secondary N) is 1. The van der Waals surface area contributed by atoms with Gasteiger partial charge in [-0.1, -0.05) is 0 Å². The standard InChI is InChI=1S/C15H22N6O/c1-9-12(10(2)21-15(20-9)18-8-19-21)5-6-14(22)17-7-13(16)11-3-4-11/h8,11,13H,3-7,16H2,1-2H3,(H,17,22). The van der Waals surface area contributed by atoms with E-state index < -0.39 is 0 Å². The van der Waals surface area contributed by atoms with Gasteiger partial charge in [0.05, 0.1) is 0 Å². The molecule has 2 heterocycles. The largest absolute Gasteiger partial charge is 0.355 e. The lowest BCUT2D eigenvalue weighted by atomic mass is 10.1. The fourth-order valence-electron chi connectivity index (χ4n) is 2.77. The minimum atomic E-state index is 0.0357. The Morgan fingerprint density at radius 2 is 2.27 bits per heavy atom. The van der Waals surface area contributed by atoms with Gasteiger partial charge in [0.1, 0.15) is 6.33 Å². The Kier molecular flexibility index (Phi) is 4.06. The molecule has 0 radical (unpaired) electrons. The number of carbonyl (C=O) groups excluding carboxylic acids is 1. The molecule has 7 heteroatoms. The normalized spacial score (nSPS) is 16.0. The van der Waals surface area contributed by atoms with Gasteiger partial charge in [0, 0.05) is 30.4 Å². The molecular weight excluding hydrogens is 280 g/mol. The minimum Gasteiger partial charge on any atom is -0.355 e. The van der Waals surface area contributed by atoms with Crippen LogP contribution < -0.4 is 11.1 Å². The van der Waals surface area contributed by atoms with Gasteiger partial charge in [-0.3, -0.25) is 4.79 Å². The molecule has 1 unspecified atom stereocenters. The molecule has 1 atom stereocenters. The summed E-state index contributed by atoms with van der Waals surface area (Å²) in [7, 11) is 0. The average molecular weight is 302 g/mol. The van der Waals surface area contributed by atoms with Crippen LogP contribution in [0.15, 0.2) is 6.33 Å². The summed E-state index contributed by atoms with van der Waals surface area (Å²) in [6, 6.07) is 0.0978. The average Bonchev–Trinajstić information content (AvgIpc) is 3.23. The Balaban J connectivity index is 1.59. The summed E-state index contributed by atoms with van der Waals surface area (Å²) in [6.45, 7) is 4.49. The van der Waals surface area contributed by atoms with Gasteiger partial charge in [-0.2, -0.15) is 10.1 Å². The number of hydrogen-bond acceptors (Lipinski definition) is 5. The molecule has 118 valence electrons. The second kappa shape index (κ2) is 6.00. The first-order valence-corrected chi connectivity index (χ1v) is 7.74. The van der Waals surface area contributed by atoms with Crippen LogP contribution in [0.1, 0.15) is 36.2 Å². The van der Waals surface area contributed by atoms with Crippen molar-refractivity contribution < 1.29 is 4.79 Å². The van der Waals surface area contributed by atoms with Crippen LogP contribution in [0.5, 0.6) is 0 Å². The lowest BCUT2D eigenvalue weighted by molar-refractivity contribution is -0.121. The molecular formula is C15H22N6O.